The summed E-state index contributed by atoms with van der Waals surface area (Å²) in [7, 11) is 4.00. The molecule has 0 saturated carbocycles. The average Bonchev–Trinajstić information content (AvgIpc) is 2.14. The number of nitrogens with one attached hydrogen (secondary N) is 1. The highest BCUT2D eigenvalue weighted by molar-refractivity contribution is 5.32. The quantitative estimate of drug-likeness (QED) is 0.685. The first-order chi connectivity index (χ1) is 6.59. The molecule has 0 aromatic rings. The van der Waals surface area contributed by atoms with Crippen LogP contribution in [0.3, 0.4) is 0 Å². The van der Waals surface area contributed by atoms with E-state index in [2.05, 4.69) is 37.0 Å². The second-order valence-electron chi connectivity index (χ2n) is 3.71. The van der Waals surface area contributed by atoms with Crippen LogP contribution in [0.5, 0.6) is 0 Å². The van der Waals surface area contributed by atoms with E-state index in [0.29, 0.717) is 0 Å². The molecule has 1 rings (SSSR count). The number of hydrogen-bond donors (Lipinski definition) is 1. The van der Waals surface area contributed by atoms with Crippen LogP contribution in [0.1, 0.15) is 6.92 Å². The van der Waals surface area contributed by atoms with Crippen LogP contribution in [0, 0.1) is 0 Å². The third-order valence-electron chi connectivity index (χ3n) is 2.02. The van der Waals surface area contributed by atoms with Crippen molar-refractivity contribution in [1.29, 1.82) is 0 Å². The molecule has 0 spiro atoms. The Kier molecular flexibility index (Phi) is 3.57. The van der Waals surface area contributed by atoms with Gasteiger partial charge in [-0.05, 0) is 30.8 Å². The van der Waals surface area contributed by atoms with E-state index in [4.69, 9.17) is 0 Å². The van der Waals surface area contributed by atoms with Gasteiger partial charge < -0.3 is 10.2 Å². The molecule has 2 nitrogen and oxygen atoms in total. The van der Waals surface area contributed by atoms with Gasteiger partial charge in [-0.25, -0.2) is 0 Å². The molecule has 0 bridgehead atoms. The van der Waals surface area contributed by atoms with Crippen LogP contribution in [-0.2, 0) is 0 Å². The molecule has 1 heterocycles. The molecule has 0 saturated heterocycles. The number of dihydropyridines is 1. The van der Waals surface area contributed by atoms with Gasteiger partial charge in [0.2, 0.25) is 0 Å². The summed E-state index contributed by atoms with van der Waals surface area (Å²) in [6.07, 6.45) is 10.3. The lowest BCUT2D eigenvalue weighted by Gasteiger charge is -2.20. The van der Waals surface area contributed by atoms with E-state index in [1.165, 1.54) is 5.70 Å². The third kappa shape index (κ3) is 3.13. The van der Waals surface area contributed by atoms with Crippen LogP contribution in [0.25, 0.3) is 0 Å². The molecular formula is C12H18N2. The Bertz CT molecular complexity index is 295. The van der Waals surface area contributed by atoms with Crippen LogP contribution in [-0.4, -0.2) is 25.0 Å². The van der Waals surface area contributed by atoms with Gasteiger partial charge in [0.15, 0.2) is 0 Å². The number of allylic oxidation sites excluding steroid dienone is 3. The van der Waals surface area contributed by atoms with Crippen molar-refractivity contribution in [2.24, 2.45) is 0 Å². The molecule has 0 aliphatic carbocycles. The Morgan fingerprint density at radius 2 is 2.29 bits per heavy atom. The van der Waals surface area contributed by atoms with Gasteiger partial charge in [0.05, 0.1) is 6.04 Å². The molecule has 0 amide bonds. The summed E-state index contributed by atoms with van der Waals surface area (Å²) in [6, 6.07) is 0.233. The zero-order valence-corrected chi connectivity index (χ0v) is 9.12. The summed E-state index contributed by atoms with van der Waals surface area (Å²) in [5.74, 6) is 0. The lowest BCUT2D eigenvalue weighted by atomic mass is 10.1. The van der Waals surface area contributed by atoms with Gasteiger partial charge in [0.1, 0.15) is 0 Å². The Morgan fingerprint density at radius 3 is 2.86 bits per heavy atom. The van der Waals surface area contributed by atoms with Crippen LogP contribution >= 0.6 is 0 Å². The van der Waals surface area contributed by atoms with Crippen molar-refractivity contribution in [3.63, 3.8) is 0 Å². The molecule has 1 N–H and O–H groups in total. The molecule has 14 heavy (non-hydrogen) atoms. The second kappa shape index (κ2) is 4.70. The molecule has 1 aliphatic heterocycles. The van der Waals surface area contributed by atoms with Gasteiger partial charge >= 0.3 is 0 Å². The Labute approximate surface area is 86.3 Å². The van der Waals surface area contributed by atoms with Crippen molar-refractivity contribution in [1.82, 2.24) is 10.2 Å². The van der Waals surface area contributed by atoms with Gasteiger partial charge in [-0.3, -0.25) is 0 Å². The fraction of sp³-hybridized carbons (Fsp3) is 0.333. The maximum atomic E-state index is 4.03. The lowest BCUT2D eigenvalue weighted by molar-refractivity contribution is 0.562. The SMILES string of the molecule is C=C(/C=C/N(C)C)C1C=CC=C(C)N1. The first kappa shape index (κ1) is 10.6. The maximum Gasteiger partial charge on any atom is 0.0692 e. The standard InChI is InChI=1S/C12H18N2/c1-10(8-9-14(3)4)12-7-5-6-11(2)13-12/h5-9,12-13H,1H2,2-4H3/b9-8+. The summed E-state index contributed by atoms with van der Waals surface area (Å²) in [6.45, 7) is 6.09. The third-order valence-corrected chi connectivity index (χ3v) is 2.02. The average molecular weight is 190 g/mol. The molecule has 0 aromatic carbocycles. The fourth-order valence-electron chi connectivity index (χ4n) is 1.22. The lowest BCUT2D eigenvalue weighted by Crippen LogP contribution is -2.28. The van der Waals surface area contributed by atoms with Gasteiger partial charge in [-0.1, -0.05) is 18.7 Å². The van der Waals surface area contributed by atoms with E-state index in [1.54, 1.807) is 0 Å². The molecule has 0 radical (unpaired) electrons. The monoisotopic (exact) mass is 190 g/mol. The van der Waals surface area contributed by atoms with Crippen LogP contribution in [0.15, 0.2) is 48.4 Å². The van der Waals surface area contributed by atoms with Gasteiger partial charge in [-0.2, -0.15) is 0 Å². The fourth-order valence-corrected chi connectivity index (χ4v) is 1.22. The predicted octanol–water partition coefficient (Wildman–Crippen LogP) is 2.05. The Morgan fingerprint density at radius 1 is 1.57 bits per heavy atom. The minimum atomic E-state index is 0.233. The van der Waals surface area contributed by atoms with E-state index in [0.717, 1.165) is 5.57 Å². The molecule has 0 aromatic heterocycles. The first-order valence-corrected chi connectivity index (χ1v) is 4.74. The summed E-state index contributed by atoms with van der Waals surface area (Å²) in [5.41, 5.74) is 2.25. The smallest absolute Gasteiger partial charge is 0.0692 e. The Balaban J connectivity index is 2.55. The van der Waals surface area contributed by atoms with Crippen molar-refractivity contribution < 1.29 is 0 Å². The summed E-state index contributed by atoms with van der Waals surface area (Å²) in [4.78, 5) is 2.00. The predicted molar refractivity (Wildman–Crippen MR) is 61.8 cm³/mol. The van der Waals surface area contributed by atoms with E-state index in [-0.39, 0.29) is 6.04 Å². The van der Waals surface area contributed by atoms with Crippen molar-refractivity contribution in [2.75, 3.05) is 14.1 Å². The number of hydrogen-bond acceptors (Lipinski definition) is 2. The van der Waals surface area contributed by atoms with E-state index < -0.39 is 0 Å². The van der Waals surface area contributed by atoms with Gasteiger partial charge in [0, 0.05) is 19.8 Å². The van der Waals surface area contributed by atoms with Crippen LogP contribution < -0.4 is 5.32 Å². The van der Waals surface area contributed by atoms with Crippen molar-refractivity contribution >= 4 is 0 Å². The molecule has 1 atom stereocenters. The largest absolute Gasteiger partial charge is 0.383 e. The zero-order valence-electron chi connectivity index (χ0n) is 9.12. The minimum absolute atomic E-state index is 0.233. The van der Waals surface area contributed by atoms with Gasteiger partial charge in [0.25, 0.3) is 0 Å². The summed E-state index contributed by atoms with van der Waals surface area (Å²) < 4.78 is 0. The molecule has 1 aliphatic rings. The molecule has 76 valence electrons. The normalized spacial score (nSPS) is 20.5. The number of nitrogens with zero attached hydrogens (tertiary/aromatic N) is 1. The molecule has 2 heteroatoms. The summed E-state index contributed by atoms with van der Waals surface area (Å²) >= 11 is 0. The van der Waals surface area contributed by atoms with E-state index in [9.17, 15) is 0 Å². The van der Waals surface area contributed by atoms with Crippen LogP contribution in [0.4, 0.5) is 0 Å². The summed E-state index contributed by atoms with van der Waals surface area (Å²) in [5, 5.41) is 3.34. The van der Waals surface area contributed by atoms with Crippen molar-refractivity contribution in [2.45, 2.75) is 13.0 Å². The van der Waals surface area contributed by atoms with Gasteiger partial charge in [-0.15, -0.1) is 0 Å². The Hall–Kier alpha value is -1.44. The highest BCUT2D eigenvalue weighted by Gasteiger charge is 2.08. The maximum absolute atomic E-state index is 4.03. The topological polar surface area (TPSA) is 15.3 Å². The van der Waals surface area contributed by atoms with Crippen molar-refractivity contribution in [3.8, 4) is 0 Å². The first-order valence-electron chi connectivity index (χ1n) is 4.74. The van der Waals surface area contributed by atoms with Crippen LogP contribution in [0.2, 0.25) is 0 Å². The molecular weight excluding hydrogens is 172 g/mol. The van der Waals surface area contributed by atoms with E-state index >= 15 is 0 Å². The number of rotatable bonds is 3. The highest BCUT2D eigenvalue weighted by atomic mass is 15.0. The zero-order chi connectivity index (χ0) is 10.6. The highest BCUT2D eigenvalue weighted by Crippen LogP contribution is 2.10. The molecule has 0 fully saturated rings. The molecule has 1 unspecified atom stereocenters. The van der Waals surface area contributed by atoms with E-state index in [1.807, 2.05) is 31.3 Å². The second-order valence-corrected chi connectivity index (χ2v) is 3.71. The van der Waals surface area contributed by atoms with Crippen molar-refractivity contribution in [3.05, 3.63) is 48.4 Å². The minimum Gasteiger partial charge on any atom is -0.383 e.